The Morgan fingerprint density at radius 3 is 2.75 bits per heavy atom. The summed E-state index contributed by atoms with van der Waals surface area (Å²) in [7, 11) is 1.83. The van der Waals surface area contributed by atoms with E-state index in [4.69, 9.17) is 14.1 Å². The number of hydrogen-bond acceptors (Lipinski definition) is 9. The maximum absolute atomic E-state index is 11.4. The van der Waals surface area contributed by atoms with E-state index in [1.165, 1.54) is 19.3 Å². The van der Waals surface area contributed by atoms with Gasteiger partial charge in [-0.15, -0.1) is 10.2 Å². The van der Waals surface area contributed by atoms with E-state index in [1.807, 2.05) is 26.1 Å². The van der Waals surface area contributed by atoms with E-state index >= 15 is 0 Å². The first kappa shape index (κ1) is 24.2. The Morgan fingerprint density at radius 2 is 1.97 bits per heavy atom. The molecule has 5 rings (SSSR count). The highest BCUT2D eigenvalue weighted by Gasteiger charge is 2.28. The molecule has 2 saturated carbocycles. The third-order valence-corrected chi connectivity index (χ3v) is 7.29. The second-order valence-electron chi connectivity index (χ2n) is 9.86. The van der Waals surface area contributed by atoms with Gasteiger partial charge in [0.2, 0.25) is 5.89 Å². The van der Waals surface area contributed by atoms with Crippen LogP contribution in [0.3, 0.4) is 0 Å². The fourth-order valence-corrected chi connectivity index (χ4v) is 5.21. The molecule has 3 aromatic heterocycles. The Morgan fingerprint density at radius 1 is 1.14 bits per heavy atom. The molecular formula is C25H33N7O4. The molecule has 11 heteroatoms. The van der Waals surface area contributed by atoms with Crippen LogP contribution in [0, 0.1) is 12.8 Å². The van der Waals surface area contributed by atoms with Gasteiger partial charge in [-0.3, -0.25) is 4.79 Å². The minimum Gasteiger partial charge on any atom is -0.489 e. The van der Waals surface area contributed by atoms with E-state index in [-0.39, 0.29) is 12.0 Å². The molecule has 2 aliphatic rings. The summed E-state index contributed by atoms with van der Waals surface area (Å²) in [6, 6.07) is 4.13. The van der Waals surface area contributed by atoms with Crippen LogP contribution in [-0.2, 0) is 18.4 Å². The number of rotatable bonds is 8. The maximum Gasteiger partial charge on any atom is 0.315 e. The molecule has 0 spiro atoms. The van der Waals surface area contributed by atoms with Crippen molar-refractivity contribution in [2.45, 2.75) is 83.3 Å². The fourth-order valence-electron chi connectivity index (χ4n) is 5.21. The largest absolute Gasteiger partial charge is 0.489 e. The highest BCUT2D eigenvalue weighted by molar-refractivity contribution is 5.70. The fraction of sp³-hybridized carbons (Fsp3) is 0.600. The molecule has 0 radical (unpaired) electrons. The zero-order chi connectivity index (χ0) is 25.1. The number of carboxylic acids is 1. The van der Waals surface area contributed by atoms with Gasteiger partial charge in [-0.1, -0.05) is 29.6 Å². The SMILES string of the molecule is Cc1nc(-c2nnn(C)c2CNc2nnc(C3CCCCC3)o2)ccc1O[C@H]1CCC[C@H](C(=O)O)C1. The Bertz CT molecular complexity index is 1200. The first-order valence-electron chi connectivity index (χ1n) is 12.8. The molecule has 0 unspecified atom stereocenters. The van der Waals surface area contributed by atoms with Gasteiger partial charge in [0.25, 0.3) is 0 Å². The van der Waals surface area contributed by atoms with Crippen molar-refractivity contribution in [2.24, 2.45) is 13.0 Å². The zero-order valence-corrected chi connectivity index (χ0v) is 20.8. The lowest BCUT2D eigenvalue weighted by Crippen LogP contribution is -2.29. The Balaban J connectivity index is 1.26. The summed E-state index contributed by atoms with van der Waals surface area (Å²) in [5.41, 5.74) is 2.91. The molecule has 0 aliphatic heterocycles. The van der Waals surface area contributed by atoms with E-state index in [1.54, 1.807) is 4.68 Å². The van der Waals surface area contributed by atoms with Gasteiger partial charge in [-0.2, -0.15) is 0 Å². The van der Waals surface area contributed by atoms with Crippen LogP contribution in [0.1, 0.15) is 81.0 Å². The number of carboxylic acid groups (broad SMARTS) is 1. The molecule has 3 heterocycles. The van der Waals surface area contributed by atoms with Gasteiger partial charge in [0.1, 0.15) is 11.4 Å². The third kappa shape index (κ3) is 5.34. The normalized spacial score (nSPS) is 20.8. The van der Waals surface area contributed by atoms with E-state index in [0.717, 1.165) is 37.1 Å². The van der Waals surface area contributed by atoms with Crippen LogP contribution < -0.4 is 10.1 Å². The average Bonchev–Trinajstić information content (AvgIpc) is 3.51. The van der Waals surface area contributed by atoms with Crippen molar-refractivity contribution in [2.75, 3.05) is 5.32 Å². The summed E-state index contributed by atoms with van der Waals surface area (Å²) in [5.74, 6) is 0.638. The number of hydrogen-bond donors (Lipinski definition) is 2. The number of aryl methyl sites for hydroxylation is 2. The second kappa shape index (κ2) is 10.6. The Hall–Kier alpha value is -3.50. The molecular weight excluding hydrogens is 462 g/mol. The quantitative estimate of drug-likeness (QED) is 0.466. The first-order valence-corrected chi connectivity index (χ1v) is 12.8. The van der Waals surface area contributed by atoms with Crippen LogP contribution in [-0.4, -0.2) is 47.4 Å². The molecule has 36 heavy (non-hydrogen) atoms. The van der Waals surface area contributed by atoms with Crippen LogP contribution in [0.5, 0.6) is 5.75 Å². The van der Waals surface area contributed by atoms with Crippen LogP contribution in [0.15, 0.2) is 16.5 Å². The lowest BCUT2D eigenvalue weighted by Gasteiger charge is -2.27. The lowest BCUT2D eigenvalue weighted by atomic mass is 9.87. The zero-order valence-electron chi connectivity index (χ0n) is 20.8. The number of pyridine rings is 1. The second-order valence-corrected chi connectivity index (χ2v) is 9.86. The van der Waals surface area contributed by atoms with Gasteiger partial charge in [0, 0.05) is 13.0 Å². The molecule has 2 aliphatic carbocycles. The standard InChI is InChI=1S/C25H33N7O4/c1-15-21(35-18-10-6-9-17(13-18)24(33)34)12-11-19(27-15)22-20(32(2)31-28-22)14-26-25-30-29-23(36-25)16-7-4-3-5-8-16/h11-12,16-18H,3-10,13-14H2,1-2H3,(H,26,30)(H,33,34)/t17-,18-/m0/s1. The topological polar surface area (TPSA) is 141 Å². The van der Waals surface area contributed by atoms with Crippen molar-refractivity contribution < 1.29 is 19.1 Å². The third-order valence-electron chi connectivity index (χ3n) is 7.29. The first-order chi connectivity index (χ1) is 17.5. The molecule has 0 aromatic carbocycles. The molecule has 3 aromatic rings. The average molecular weight is 496 g/mol. The lowest BCUT2D eigenvalue weighted by molar-refractivity contribution is -0.143. The van der Waals surface area contributed by atoms with E-state index in [2.05, 4.69) is 25.8 Å². The summed E-state index contributed by atoms with van der Waals surface area (Å²) in [6.45, 7) is 2.29. The number of nitrogens with one attached hydrogen (secondary N) is 1. The summed E-state index contributed by atoms with van der Waals surface area (Å²) < 4.78 is 13.7. The predicted molar refractivity (Wildman–Crippen MR) is 130 cm³/mol. The number of aromatic nitrogens is 6. The number of nitrogens with zero attached hydrogens (tertiary/aromatic N) is 6. The highest BCUT2D eigenvalue weighted by Crippen LogP contribution is 2.33. The minimum atomic E-state index is -0.747. The molecule has 11 nitrogen and oxygen atoms in total. The number of ether oxygens (including phenoxy) is 1. The van der Waals surface area contributed by atoms with Crippen LogP contribution in [0.2, 0.25) is 0 Å². The van der Waals surface area contributed by atoms with Crippen LogP contribution in [0.4, 0.5) is 6.01 Å². The maximum atomic E-state index is 11.4. The molecule has 0 amide bonds. The predicted octanol–water partition coefficient (Wildman–Crippen LogP) is 4.25. The van der Waals surface area contributed by atoms with E-state index in [9.17, 15) is 9.90 Å². The van der Waals surface area contributed by atoms with Crippen molar-refractivity contribution in [3.63, 3.8) is 0 Å². The van der Waals surface area contributed by atoms with Crippen molar-refractivity contribution >= 4 is 12.0 Å². The summed E-state index contributed by atoms with van der Waals surface area (Å²) in [6.07, 6.45) is 8.71. The molecule has 0 saturated heterocycles. The molecule has 192 valence electrons. The van der Waals surface area contributed by atoms with Gasteiger partial charge in [-0.05, 0) is 57.6 Å². The van der Waals surface area contributed by atoms with Gasteiger partial charge < -0.3 is 19.6 Å². The van der Waals surface area contributed by atoms with Gasteiger partial charge in [0.05, 0.1) is 35.6 Å². The van der Waals surface area contributed by atoms with Crippen molar-refractivity contribution in [3.05, 3.63) is 29.4 Å². The highest BCUT2D eigenvalue weighted by atomic mass is 16.5. The minimum absolute atomic E-state index is 0.115. The van der Waals surface area contributed by atoms with Crippen molar-refractivity contribution in [3.8, 4) is 17.1 Å². The monoisotopic (exact) mass is 495 g/mol. The van der Waals surface area contributed by atoms with Gasteiger partial charge in [-0.25, -0.2) is 9.67 Å². The van der Waals surface area contributed by atoms with Crippen LogP contribution >= 0.6 is 0 Å². The molecule has 0 bridgehead atoms. The van der Waals surface area contributed by atoms with Crippen molar-refractivity contribution in [1.29, 1.82) is 0 Å². The molecule has 2 fully saturated rings. The smallest absolute Gasteiger partial charge is 0.315 e. The van der Waals surface area contributed by atoms with E-state index < -0.39 is 5.97 Å². The summed E-state index contributed by atoms with van der Waals surface area (Å²) >= 11 is 0. The molecule has 2 N–H and O–H groups in total. The number of aliphatic carboxylic acids is 1. The molecule has 2 atom stereocenters. The van der Waals surface area contributed by atoms with Gasteiger partial charge >= 0.3 is 12.0 Å². The Kier molecular flexibility index (Phi) is 7.15. The summed E-state index contributed by atoms with van der Waals surface area (Å²) in [4.78, 5) is 16.1. The van der Waals surface area contributed by atoms with Gasteiger partial charge in [0.15, 0.2) is 0 Å². The summed E-state index contributed by atoms with van der Waals surface area (Å²) in [5, 5.41) is 29.5. The Labute approximate surface area is 209 Å². The van der Waals surface area contributed by atoms with Crippen LogP contribution in [0.25, 0.3) is 11.4 Å². The number of anilines is 1. The van der Waals surface area contributed by atoms with Crippen molar-refractivity contribution in [1.82, 2.24) is 30.2 Å². The van der Waals surface area contributed by atoms with E-state index in [0.29, 0.717) is 54.3 Å². The number of carbonyl (C=O) groups is 1.